The molecule has 1 aliphatic rings. The third-order valence-corrected chi connectivity index (χ3v) is 5.86. The zero-order valence-corrected chi connectivity index (χ0v) is 19.1. The van der Waals surface area contributed by atoms with Crippen molar-refractivity contribution in [3.05, 3.63) is 23.8 Å². The number of aryl methyl sites for hydroxylation is 1. The molecule has 4 nitrogen and oxygen atoms in total. The van der Waals surface area contributed by atoms with Crippen molar-refractivity contribution in [2.75, 3.05) is 13.2 Å². The molecule has 0 radical (unpaired) electrons. The summed E-state index contributed by atoms with van der Waals surface area (Å²) in [4.78, 5) is 11.5. The average Bonchev–Trinajstić information content (AvgIpc) is 3.56. The minimum absolute atomic E-state index is 0.274. The third kappa shape index (κ3) is 11.5. The van der Waals surface area contributed by atoms with E-state index < -0.39 is 0 Å². The molecule has 0 bridgehead atoms. The van der Waals surface area contributed by atoms with Crippen molar-refractivity contribution in [1.29, 1.82) is 0 Å². The number of unbranched alkanes of at least 4 members (excludes halogenated alkanes) is 10. The molecule has 0 unspecified atom stereocenters. The highest BCUT2D eigenvalue weighted by atomic mass is 16.5. The highest BCUT2D eigenvalue weighted by molar-refractivity contribution is 5.80. The standard InChI is InChI=1S/C26H43NO3/c1-2-3-11-14-22-19-24(28)21-25(20-22)30-18-13-10-8-6-4-5-7-9-12-17-27-26(29)23-15-16-23/h19-21,23,28H,2-18H2,1H3,(H,27,29). The predicted octanol–water partition coefficient (Wildman–Crippen LogP) is 6.54. The molecule has 0 heterocycles. The van der Waals surface area contributed by atoms with Crippen molar-refractivity contribution in [2.24, 2.45) is 5.92 Å². The lowest BCUT2D eigenvalue weighted by Gasteiger charge is -2.09. The second kappa shape index (κ2) is 15.1. The summed E-state index contributed by atoms with van der Waals surface area (Å²) in [6.45, 7) is 3.79. The van der Waals surface area contributed by atoms with E-state index in [-0.39, 0.29) is 5.91 Å². The summed E-state index contributed by atoms with van der Waals surface area (Å²) in [5, 5.41) is 12.9. The molecule has 0 spiro atoms. The monoisotopic (exact) mass is 417 g/mol. The molecule has 2 N–H and O–H groups in total. The van der Waals surface area contributed by atoms with Crippen molar-refractivity contribution in [3.8, 4) is 11.5 Å². The fourth-order valence-corrected chi connectivity index (χ4v) is 3.81. The number of ether oxygens (including phenoxy) is 1. The molecule has 30 heavy (non-hydrogen) atoms. The van der Waals surface area contributed by atoms with Crippen LogP contribution in [0.1, 0.15) is 102 Å². The number of hydrogen-bond donors (Lipinski definition) is 2. The van der Waals surface area contributed by atoms with Crippen molar-refractivity contribution >= 4 is 5.91 Å². The summed E-state index contributed by atoms with van der Waals surface area (Å²) in [5.41, 5.74) is 1.17. The minimum atomic E-state index is 0.274. The Labute approximate surface area is 183 Å². The molecule has 0 aliphatic heterocycles. The smallest absolute Gasteiger partial charge is 0.223 e. The van der Waals surface area contributed by atoms with Gasteiger partial charge in [0.2, 0.25) is 5.91 Å². The van der Waals surface area contributed by atoms with E-state index in [0.29, 0.717) is 11.7 Å². The van der Waals surface area contributed by atoms with E-state index in [0.717, 1.165) is 57.4 Å². The molecule has 0 atom stereocenters. The molecular weight excluding hydrogens is 374 g/mol. The van der Waals surface area contributed by atoms with Gasteiger partial charge in [0.15, 0.2) is 0 Å². The summed E-state index contributed by atoms with van der Waals surface area (Å²) in [6, 6.07) is 5.65. The van der Waals surface area contributed by atoms with E-state index >= 15 is 0 Å². The number of carbonyl (C=O) groups excluding carboxylic acids is 1. The molecule has 1 aromatic rings. The Kier molecular flexibility index (Phi) is 12.4. The summed E-state index contributed by atoms with van der Waals surface area (Å²) >= 11 is 0. The van der Waals surface area contributed by atoms with Gasteiger partial charge < -0.3 is 15.2 Å². The average molecular weight is 418 g/mol. The van der Waals surface area contributed by atoms with E-state index in [1.54, 1.807) is 6.07 Å². The van der Waals surface area contributed by atoms with E-state index in [9.17, 15) is 9.90 Å². The van der Waals surface area contributed by atoms with Crippen molar-refractivity contribution in [3.63, 3.8) is 0 Å². The summed E-state index contributed by atoms with van der Waals surface area (Å²) in [5.74, 6) is 1.72. The number of carbonyl (C=O) groups is 1. The van der Waals surface area contributed by atoms with E-state index in [1.165, 1.54) is 63.4 Å². The van der Waals surface area contributed by atoms with Gasteiger partial charge in [-0.15, -0.1) is 0 Å². The quantitative estimate of drug-likeness (QED) is 0.267. The van der Waals surface area contributed by atoms with Gasteiger partial charge in [-0.2, -0.15) is 0 Å². The Balaban J connectivity index is 1.38. The first-order valence-corrected chi connectivity index (χ1v) is 12.4. The number of rotatable bonds is 18. The Morgan fingerprint density at radius 3 is 2.27 bits per heavy atom. The Morgan fingerprint density at radius 1 is 0.933 bits per heavy atom. The molecule has 0 saturated heterocycles. The molecule has 1 saturated carbocycles. The Bertz CT molecular complexity index is 598. The molecule has 2 rings (SSSR count). The second-order valence-corrected chi connectivity index (χ2v) is 8.89. The summed E-state index contributed by atoms with van der Waals surface area (Å²) < 4.78 is 5.86. The minimum Gasteiger partial charge on any atom is -0.508 e. The molecule has 4 heteroatoms. The van der Waals surface area contributed by atoms with Crippen LogP contribution in [0.5, 0.6) is 11.5 Å². The maximum atomic E-state index is 11.5. The van der Waals surface area contributed by atoms with Gasteiger partial charge in [0.25, 0.3) is 0 Å². The molecule has 1 fully saturated rings. The van der Waals surface area contributed by atoms with Gasteiger partial charge in [-0.25, -0.2) is 0 Å². The Hall–Kier alpha value is -1.71. The van der Waals surface area contributed by atoms with Gasteiger partial charge >= 0.3 is 0 Å². The van der Waals surface area contributed by atoms with E-state index in [1.807, 2.05) is 6.07 Å². The SMILES string of the molecule is CCCCCc1cc(O)cc(OCCCCCCCCCCCNC(=O)C2CC2)c1. The topological polar surface area (TPSA) is 58.6 Å². The highest BCUT2D eigenvalue weighted by Gasteiger charge is 2.28. The third-order valence-electron chi connectivity index (χ3n) is 5.86. The van der Waals surface area contributed by atoms with Crippen molar-refractivity contribution < 1.29 is 14.6 Å². The van der Waals surface area contributed by atoms with Crippen LogP contribution >= 0.6 is 0 Å². The summed E-state index contributed by atoms with van der Waals surface area (Å²) in [7, 11) is 0. The van der Waals surface area contributed by atoms with Crippen LogP contribution in [0.4, 0.5) is 0 Å². The molecule has 170 valence electrons. The predicted molar refractivity (Wildman–Crippen MR) is 124 cm³/mol. The molecule has 1 aliphatic carbocycles. The molecule has 1 amide bonds. The van der Waals surface area contributed by atoms with Crippen LogP contribution in [0, 0.1) is 5.92 Å². The lowest BCUT2D eigenvalue weighted by atomic mass is 10.1. The zero-order valence-electron chi connectivity index (χ0n) is 19.1. The zero-order chi connectivity index (χ0) is 21.4. The number of phenols is 1. The van der Waals surface area contributed by atoms with Gasteiger partial charge in [0, 0.05) is 18.5 Å². The number of benzene rings is 1. The second-order valence-electron chi connectivity index (χ2n) is 8.89. The highest BCUT2D eigenvalue weighted by Crippen LogP contribution is 2.28. The Morgan fingerprint density at radius 2 is 1.60 bits per heavy atom. The fraction of sp³-hybridized carbons (Fsp3) is 0.731. The fourth-order valence-electron chi connectivity index (χ4n) is 3.81. The van der Waals surface area contributed by atoms with E-state index in [4.69, 9.17) is 4.74 Å². The van der Waals surface area contributed by atoms with Crippen LogP contribution in [0.25, 0.3) is 0 Å². The largest absolute Gasteiger partial charge is 0.508 e. The summed E-state index contributed by atoms with van der Waals surface area (Å²) in [6.07, 6.45) is 17.9. The van der Waals surface area contributed by atoms with Gasteiger partial charge in [0.1, 0.15) is 11.5 Å². The molecule has 0 aromatic heterocycles. The number of phenolic OH excluding ortho intramolecular Hbond substituents is 1. The van der Waals surface area contributed by atoms with Gasteiger partial charge in [-0.1, -0.05) is 64.7 Å². The van der Waals surface area contributed by atoms with Crippen LogP contribution < -0.4 is 10.1 Å². The lowest BCUT2D eigenvalue weighted by molar-refractivity contribution is -0.122. The van der Waals surface area contributed by atoms with Crippen LogP contribution in [0.15, 0.2) is 18.2 Å². The first-order chi connectivity index (χ1) is 14.7. The van der Waals surface area contributed by atoms with Gasteiger partial charge in [-0.05, 0) is 56.2 Å². The number of aromatic hydroxyl groups is 1. The normalized spacial score (nSPS) is 13.4. The maximum Gasteiger partial charge on any atom is 0.223 e. The number of nitrogens with one attached hydrogen (secondary N) is 1. The number of amides is 1. The maximum absolute atomic E-state index is 11.5. The first kappa shape index (κ1) is 24.6. The van der Waals surface area contributed by atoms with Crippen LogP contribution in [0.2, 0.25) is 0 Å². The van der Waals surface area contributed by atoms with Gasteiger partial charge in [0.05, 0.1) is 6.61 Å². The molecular formula is C26H43NO3. The first-order valence-electron chi connectivity index (χ1n) is 12.4. The van der Waals surface area contributed by atoms with Crippen molar-refractivity contribution in [2.45, 2.75) is 103 Å². The van der Waals surface area contributed by atoms with Crippen molar-refractivity contribution in [1.82, 2.24) is 5.32 Å². The van der Waals surface area contributed by atoms with Crippen LogP contribution in [-0.2, 0) is 11.2 Å². The van der Waals surface area contributed by atoms with Crippen LogP contribution in [0.3, 0.4) is 0 Å². The van der Waals surface area contributed by atoms with Gasteiger partial charge in [-0.3, -0.25) is 4.79 Å². The van der Waals surface area contributed by atoms with Crippen LogP contribution in [-0.4, -0.2) is 24.2 Å². The lowest BCUT2D eigenvalue weighted by Crippen LogP contribution is -2.25. The molecule has 1 aromatic carbocycles. The van der Waals surface area contributed by atoms with E-state index in [2.05, 4.69) is 18.3 Å². The number of hydrogen-bond acceptors (Lipinski definition) is 3.